The number of esters is 2. The van der Waals surface area contributed by atoms with E-state index in [1.807, 2.05) is 0 Å². The van der Waals surface area contributed by atoms with Crippen LogP contribution in [0, 0.1) is 0 Å². The quantitative estimate of drug-likeness (QED) is 0.0191. The molecule has 0 bridgehead atoms. The molecule has 1 saturated carbocycles. The van der Waals surface area contributed by atoms with Gasteiger partial charge in [-0.05, 0) is 12.8 Å². The third kappa shape index (κ3) is 30.9. The highest BCUT2D eigenvalue weighted by Crippen LogP contribution is 2.47. The lowest BCUT2D eigenvalue weighted by molar-refractivity contribution is -0.220. The number of phosphoric ester groups is 1. The molecule has 13 nitrogen and oxygen atoms in total. The lowest BCUT2D eigenvalue weighted by Crippen LogP contribution is -2.64. The van der Waals surface area contributed by atoms with Gasteiger partial charge in [-0.2, -0.15) is 0 Å². The Morgan fingerprint density at radius 3 is 1.06 bits per heavy atom. The Labute approximate surface area is 376 Å². The maximum Gasteiger partial charge on any atom is 0.472 e. The molecular weight excluding hydrogens is 815 g/mol. The van der Waals surface area contributed by atoms with Gasteiger partial charge in [0.2, 0.25) is 0 Å². The van der Waals surface area contributed by atoms with E-state index in [9.17, 15) is 44.6 Å². The van der Waals surface area contributed by atoms with E-state index in [1.54, 1.807) is 0 Å². The number of carbonyl (C=O) groups is 2. The topological polar surface area (TPSA) is 210 Å². The van der Waals surface area contributed by atoms with Gasteiger partial charge in [-0.15, -0.1) is 0 Å². The van der Waals surface area contributed by atoms with E-state index in [0.29, 0.717) is 12.8 Å². The maximum absolute atomic E-state index is 12.8. The van der Waals surface area contributed by atoms with Crippen molar-refractivity contribution in [3.8, 4) is 0 Å². The summed E-state index contributed by atoms with van der Waals surface area (Å²) in [6.45, 7) is 3.34. The van der Waals surface area contributed by atoms with E-state index in [0.717, 1.165) is 38.5 Å². The fourth-order valence-electron chi connectivity index (χ4n) is 8.11. The number of unbranched alkanes of at least 4 members (excludes halogenated alkanes) is 31. The Morgan fingerprint density at radius 1 is 0.435 bits per heavy atom. The van der Waals surface area contributed by atoms with Gasteiger partial charge in [-0.3, -0.25) is 18.6 Å². The van der Waals surface area contributed by atoms with E-state index >= 15 is 0 Å². The zero-order chi connectivity index (χ0) is 45.7. The SMILES string of the molecule is CCCCCCCCCCCCCCCCCCCCCCC(=O)O[C@H](COC(=O)CCCCCCCCCCCCCCC)COP(=O)(O)OC1C(O)C(O)C(O)[C@H](O)C1O. The largest absolute Gasteiger partial charge is 0.472 e. The van der Waals surface area contributed by atoms with Crippen LogP contribution in [0.15, 0.2) is 0 Å². The summed E-state index contributed by atoms with van der Waals surface area (Å²) in [6, 6.07) is 0. The fraction of sp³-hybridized carbons (Fsp3) is 0.958. The Hall–Kier alpha value is -1.15. The molecule has 1 aliphatic rings. The molecule has 0 radical (unpaired) electrons. The molecule has 0 saturated heterocycles. The summed E-state index contributed by atoms with van der Waals surface area (Å²) in [5.41, 5.74) is 0. The fourth-order valence-corrected chi connectivity index (χ4v) is 9.09. The van der Waals surface area contributed by atoms with Crippen LogP contribution in [-0.2, 0) is 32.7 Å². The molecule has 6 N–H and O–H groups in total. The molecule has 1 aliphatic carbocycles. The molecule has 62 heavy (non-hydrogen) atoms. The smallest absolute Gasteiger partial charge is 0.462 e. The van der Waals surface area contributed by atoms with Crippen LogP contribution in [0.3, 0.4) is 0 Å². The van der Waals surface area contributed by atoms with E-state index in [1.165, 1.54) is 161 Å². The molecule has 0 heterocycles. The summed E-state index contributed by atoms with van der Waals surface area (Å²) in [7, 11) is -5.11. The molecule has 0 aliphatic heterocycles. The number of carbonyl (C=O) groups excluding carboxylic acids is 2. The van der Waals surface area contributed by atoms with Crippen molar-refractivity contribution in [3.63, 3.8) is 0 Å². The van der Waals surface area contributed by atoms with E-state index in [4.69, 9.17) is 18.5 Å². The summed E-state index contributed by atoms with van der Waals surface area (Å²) >= 11 is 0. The molecule has 0 aromatic carbocycles. The molecule has 1 fully saturated rings. The highest BCUT2D eigenvalue weighted by Gasteiger charge is 2.51. The van der Waals surface area contributed by atoms with Gasteiger partial charge in [0.05, 0.1) is 6.61 Å². The molecule has 368 valence electrons. The second-order valence-electron chi connectivity index (χ2n) is 18.0. The average Bonchev–Trinajstić information content (AvgIpc) is 3.25. The summed E-state index contributed by atoms with van der Waals surface area (Å²) in [5.74, 6) is -1.08. The average molecular weight is 909 g/mol. The molecule has 0 spiro atoms. The summed E-state index contributed by atoms with van der Waals surface area (Å²) < 4.78 is 33.6. The molecule has 6 unspecified atom stereocenters. The van der Waals surface area contributed by atoms with Crippen LogP contribution in [0.25, 0.3) is 0 Å². The minimum atomic E-state index is -5.11. The highest BCUT2D eigenvalue weighted by molar-refractivity contribution is 7.47. The monoisotopic (exact) mass is 909 g/mol. The van der Waals surface area contributed by atoms with Crippen LogP contribution >= 0.6 is 7.82 Å². The van der Waals surface area contributed by atoms with Gasteiger partial charge in [0.15, 0.2) is 6.10 Å². The zero-order valence-electron chi connectivity index (χ0n) is 39.2. The molecule has 1 rings (SSSR count). The van der Waals surface area contributed by atoms with E-state index in [-0.39, 0.29) is 12.8 Å². The van der Waals surface area contributed by atoms with Crippen LogP contribution in [0.4, 0.5) is 0 Å². The number of hydrogen-bond acceptors (Lipinski definition) is 12. The number of aliphatic hydroxyl groups excluding tert-OH is 5. The number of aliphatic hydroxyl groups is 5. The van der Waals surface area contributed by atoms with Crippen LogP contribution in [0.5, 0.6) is 0 Å². The van der Waals surface area contributed by atoms with Crippen LogP contribution < -0.4 is 0 Å². The highest BCUT2D eigenvalue weighted by atomic mass is 31.2. The van der Waals surface area contributed by atoms with Gasteiger partial charge in [-0.25, -0.2) is 4.57 Å². The second kappa shape index (κ2) is 39.1. The lowest BCUT2D eigenvalue weighted by atomic mass is 9.85. The number of ether oxygens (including phenoxy) is 2. The van der Waals surface area contributed by atoms with Gasteiger partial charge in [0, 0.05) is 12.8 Å². The van der Waals surface area contributed by atoms with Gasteiger partial charge in [0.25, 0.3) is 0 Å². The van der Waals surface area contributed by atoms with Crippen LogP contribution in [-0.4, -0.2) is 98.3 Å². The molecule has 0 aromatic rings. The number of hydrogen-bond donors (Lipinski definition) is 6. The Bertz CT molecular complexity index is 1100. The number of rotatable bonds is 43. The maximum atomic E-state index is 12.8. The Kier molecular flexibility index (Phi) is 37.1. The van der Waals surface area contributed by atoms with Gasteiger partial charge < -0.3 is 39.9 Å². The van der Waals surface area contributed by atoms with Gasteiger partial charge in [0.1, 0.15) is 43.2 Å². The van der Waals surface area contributed by atoms with Crippen molar-refractivity contribution in [3.05, 3.63) is 0 Å². The summed E-state index contributed by atoms with van der Waals surface area (Å²) in [6.07, 6.45) is 27.3. The van der Waals surface area contributed by atoms with Gasteiger partial charge >= 0.3 is 19.8 Å². The predicted molar refractivity (Wildman–Crippen MR) is 244 cm³/mol. The third-order valence-electron chi connectivity index (χ3n) is 12.2. The Morgan fingerprint density at radius 2 is 0.726 bits per heavy atom. The van der Waals surface area contributed by atoms with Crippen LogP contribution in [0.2, 0.25) is 0 Å². The van der Waals surface area contributed by atoms with Crippen molar-refractivity contribution in [1.82, 2.24) is 0 Å². The van der Waals surface area contributed by atoms with Crippen LogP contribution in [0.1, 0.15) is 239 Å². The second-order valence-corrected chi connectivity index (χ2v) is 19.4. The molecular formula is C48H93O13P. The minimum Gasteiger partial charge on any atom is -0.462 e. The molecule has 0 amide bonds. The van der Waals surface area contributed by atoms with Crippen molar-refractivity contribution >= 4 is 19.8 Å². The van der Waals surface area contributed by atoms with Crippen molar-refractivity contribution in [1.29, 1.82) is 0 Å². The molecule has 8 atom stereocenters. The molecule has 0 aromatic heterocycles. The van der Waals surface area contributed by atoms with Crippen molar-refractivity contribution in [2.45, 2.75) is 281 Å². The first-order valence-electron chi connectivity index (χ1n) is 25.3. The predicted octanol–water partition coefficient (Wildman–Crippen LogP) is 10.5. The normalized spacial score (nSPS) is 21.7. The van der Waals surface area contributed by atoms with E-state index < -0.39 is 75.7 Å². The standard InChI is InChI=1S/C48H93O13P/c1-3-5-7-9-11-13-15-17-18-19-20-21-22-23-25-27-29-31-33-35-37-42(50)60-40(39-59-62(56,57)61-48-46(54)44(52)43(51)45(53)47(48)55)38-58-41(49)36-34-32-30-28-26-24-16-14-12-10-8-6-4-2/h40,43-48,51-55H,3-39H2,1-2H3,(H,56,57)/t40-,43?,44+,45?,46?,47?,48?/m1/s1. The lowest BCUT2D eigenvalue weighted by Gasteiger charge is -2.41. The first kappa shape index (κ1) is 58.9. The van der Waals surface area contributed by atoms with Gasteiger partial charge in [-0.1, -0.05) is 213 Å². The first-order valence-corrected chi connectivity index (χ1v) is 26.8. The minimum absolute atomic E-state index is 0.105. The first-order chi connectivity index (χ1) is 29.9. The van der Waals surface area contributed by atoms with Crippen molar-refractivity contribution in [2.24, 2.45) is 0 Å². The summed E-state index contributed by atoms with van der Waals surface area (Å²) in [4.78, 5) is 35.8. The molecule has 14 heteroatoms. The van der Waals surface area contributed by atoms with Crippen molar-refractivity contribution in [2.75, 3.05) is 13.2 Å². The summed E-state index contributed by atoms with van der Waals surface area (Å²) in [5, 5.41) is 50.2. The van der Waals surface area contributed by atoms with Crippen molar-refractivity contribution < 1.29 is 63.1 Å². The number of phosphoric acid groups is 1. The third-order valence-corrected chi connectivity index (χ3v) is 13.2. The zero-order valence-corrected chi connectivity index (χ0v) is 40.1. The Balaban J connectivity index is 2.37. The van der Waals surface area contributed by atoms with E-state index in [2.05, 4.69) is 13.8 Å².